The number of nitrogens with zero attached hydrogens (tertiary/aromatic N) is 2. The van der Waals surface area contributed by atoms with Crippen molar-refractivity contribution in [3.63, 3.8) is 0 Å². The molecule has 3 aromatic rings. The second-order valence-electron chi connectivity index (χ2n) is 9.99. The lowest BCUT2D eigenvalue weighted by atomic mass is 9.87. The van der Waals surface area contributed by atoms with E-state index in [0.29, 0.717) is 29.8 Å². The molecular weight excluding hydrogens is 506 g/mol. The summed E-state index contributed by atoms with van der Waals surface area (Å²) in [6.07, 6.45) is -4.50. The molecule has 202 valence electrons. The standard InChI is InChI=1S/C29H28F6N2O/c1-18(2)37(28(38)20-7-9-24(30)10-8-20)16-22-15-36(14-19-6-11-26(31)27(32)12-19)17-25(22)21-4-3-5-23(13-21)29(33,34)35/h3-13,18,22,25H,14-17H2,1-2H3/t22-,25+/m0/s1. The predicted octanol–water partition coefficient (Wildman–Crippen LogP) is 6.89. The molecule has 4 rings (SSSR count). The Morgan fingerprint density at radius 2 is 1.66 bits per heavy atom. The predicted molar refractivity (Wildman–Crippen MR) is 132 cm³/mol. The van der Waals surface area contributed by atoms with Crippen LogP contribution in [0.1, 0.15) is 46.8 Å². The molecule has 1 fully saturated rings. The fourth-order valence-electron chi connectivity index (χ4n) is 5.03. The number of hydrogen-bond donors (Lipinski definition) is 0. The zero-order valence-electron chi connectivity index (χ0n) is 21.0. The number of hydrogen-bond acceptors (Lipinski definition) is 2. The Hall–Kier alpha value is -3.33. The molecule has 0 N–H and O–H groups in total. The first kappa shape index (κ1) is 27.7. The fraction of sp³-hybridized carbons (Fsp3) is 0.345. The Labute approximate surface area is 217 Å². The zero-order chi connectivity index (χ0) is 27.6. The van der Waals surface area contributed by atoms with Gasteiger partial charge in [-0.1, -0.05) is 24.3 Å². The largest absolute Gasteiger partial charge is 0.416 e. The third kappa shape index (κ3) is 6.38. The van der Waals surface area contributed by atoms with Crippen molar-refractivity contribution >= 4 is 5.91 Å². The summed E-state index contributed by atoms with van der Waals surface area (Å²) < 4.78 is 81.0. The zero-order valence-corrected chi connectivity index (χ0v) is 21.0. The van der Waals surface area contributed by atoms with Crippen molar-refractivity contribution in [2.45, 2.75) is 38.5 Å². The summed E-state index contributed by atoms with van der Waals surface area (Å²) in [5.74, 6) is -3.28. The van der Waals surface area contributed by atoms with E-state index >= 15 is 0 Å². The fourth-order valence-corrected chi connectivity index (χ4v) is 5.03. The molecule has 1 amide bonds. The molecular formula is C29H28F6N2O. The second kappa shape index (κ2) is 11.2. The molecule has 1 heterocycles. The van der Waals surface area contributed by atoms with Crippen LogP contribution < -0.4 is 0 Å². The average molecular weight is 535 g/mol. The van der Waals surface area contributed by atoms with E-state index in [1.807, 2.05) is 18.7 Å². The van der Waals surface area contributed by atoms with E-state index in [1.54, 1.807) is 11.0 Å². The van der Waals surface area contributed by atoms with Crippen LogP contribution in [0.2, 0.25) is 0 Å². The first-order chi connectivity index (χ1) is 17.9. The normalized spacial score (nSPS) is 18.2. The molecule has 0 unspecified atom stereocenters. The summed E-state index contributed by atoms with van der Waals surface area (Å²) in [5.41, 5.74) is 0.592. The summed E-state index contributed by atoms with van der Waals surface area (Å²) >= 11 is 0. The molecule has 0 aromatic heterocycles. The van der Waals surface area contributed by atoms with Crippen LogP contribution in [-0.4, -0.2) is 41.4 Å². The van der Waals surface area contributed by atoms with Crippen LogP contribution in [0.4, 0.5) is 26.3 Å². The summed E-state index contributed by atoms with van der Waals surface area (Å²) in [5, 5.41) is 0. The Bertz CT molecular complexity index is 1270. The van der Waals surface area contributed by atoms with Gasteiger partial charge in [0.25, 0.3) is 5.91 Å². The Morgan fingerprint density at radius 1 is 0.947 bits per heavy atom. The molecule has 0 aliphatic carbocycles. The third-order valence-corrected chi connectivity index (χ3v) is 6.96. The van der Waals surface area contributed by atoms with E-state index in [9.17, 15) is 31.1 Å². The van der Waals surface area contributed by atoms with Gasteiger partial charge in [0.2, 0.25) is 0 Å². The summed E-state index contributed by atoms with van der Waals surface area (Å²) in [7, 11) is 0. The molecule has 2 atom stereocenters. The Kier molecular flexibility index (Phi) is 8.16. The number of halogens is 6. The number of carbonyl (C=O) groups excluding carboxylic acids is 1. The lowest BCUT2D eigenvalue weighted by molar-refractivity contribution is -0.137. The van der Waals surface area contributed by atoms with Gasteiger partial charge in [0.1, 0.15) is 5.82 Å². The number of amides is 1. The molecule has 0 bridgehead atoms. The van der Waals surface area contributed by atoms with Gasteiger partial charge < -0.3 is 4.90 Å². The van der Waals surface area contributed by atoms with Crippen molar-refractivity contribution in [1.29, 1.82) is 0 Å². The highest BCUT2D eigenvalue weighted by Gasteiger charge is 2.38. The molecule has 1 aliphatic heterocycles. The number of rotatable bonds is 7. The number of benzene rings is 3. The first-order valence-electron chi connectivity index (χ1n) is 12.3. The lowest BCUT2D eigenvalue weighted by Gasteiger charge is -2.32. The molecule has 3 nitrogen and oxygen atoms in total. The van der Waals surface area contributed by atoms with Gasteiger partial charge in [-0.25, -0.2) is 13.2 Å². The van der Waals surface area contributed by atoms with Crippen LogP contribution >= 0.6 is 0 Å². The van der Waals surface area contributed by atoms with Gasteiger partial charge in [-0.3, -0.25) is 9.69 Å². The van der Waals surface area contributed by atoms with Gasteiger partial charge in [-0.05, 0) is 73.4 Å². The maximum absolute atomic E-state index is 13.8. The SMILES string of the molecule is CC(C)N(C[C@@H]1CN(Cc2ccc(F)c(F)c2)C[C@@H]1c1cccc(C(F)(F)F)c1)C(=O)c1ccc(F)cc1. The summed E-state index contributed by atoms with van der Waals surface area (Å²) in [6, 6.07) is 13.8. The van der Waals surface area contributed by atoms with Gasteiger partial charge in [-0.2, -0.15) is 13.2 Å². The monoisotopic (exact) mass is 534 g/mol. The molecule has 0 radical (unpaired) electrons. The minimum absolute atomic E-state index is 0.227. The first-order valence-corrected chi connectivity index (χ1v) is 12.3. The number of alkyl halides is 3. The van der Waals surface area contributed by atoms with Gasteiger partial charge >= 0.3 is 6.18 Å². The molecule has 9 heteroatoms. The van der Waals surface area contributed by atoms with Crippen LogP contribution in [0.25, 0.3) is 0 Å². The van der Waals surface area contributed by atoms with Crippen LogP contribution in [0, 0.1) is 23.4 Å². The van der Waals surface area contributed by atoms with Crippen LogP contribution in [0.15, 0.2) is 66.7 Å². The molecule has 1 aliphatic rings. The van der Waals surface area contributed by atoms with Crippen molar-refractivity contribution in [3.8, 4) is 0 Å². The molecule has 1 saturated heterocycles. The van der Waals surface area contributed by atoms with Crippen molar-refractivity contribution in [1.82, 2.24) is 9.80 Å². The average Bonchev–Trinajstić information content (AvgIpc) is 3.26. The topological polar surface area (TPSA) is 23.6 Å². The highest BCUT2D eigenvalue weighted by Crippen LogP contribution is 2.38. The quantitative estimate of drug-likeness (QED) is 0.308. The van der Waals surface area contributed by atoms with Gasteiger partial charge in [-0.15, -0.1) is 0 Å². The minimum Gasteiger partial charge on any atom is -0.336 e. The number of carbonyl (C=O) groups is 1. The smallest absolute Gasteiger partial charge is 0.336 e. The van der Waals surface area contributed by atoms with Crippen molar-refractivity contribution in [2.75, 3.05) is 19.6 Å². The van der Waals surface area contributed by atoms with E-state index in [1.165, 1.54) is 36.4 Å². The van der Waals surface area contributed by atoms with Gasteiger partial charge in [0, 0.05) is 43.7 Å². The van der Waals surface area contributed by atoms with E-state index < -0.39 is 29.2 Å². The Balaban J connectivity index is 1.63. The van der Waals surface area contributed by atoms with E-state index in [0.717, 1.165) is 24.3 Å². The van der Waals surface area contributed by atoms with E-state index in [-0.39, 0.29) is 36.9 Å². The maximum Gasteiger partial charge on any atom is 0.416 e. The molecule has 3 aromatic carbocycles. The second-order valence-corrected chi connectivity index (χ2v) is 9.99. The van der Waals surface area contributed by atoms with Gasteiger partial charge in [0.05, 0.1) is 5.56 Å². The van der Waals surface area contributed by atoms with Crippen LogP contribution in [-0.2, 0) is 12.7 Å². The highest BCUT2D eigenvalue weighted by molar-refractivity contribution is 5.94. The van der Waals surface area contributed by atoms with Crippen molar-refractivity contribution < 1.29 is 31.1 Å². The lowest BCUT2D eigenvalue weighted by Crippen LogP contribution is -2.42. The Morgan fingerprint density at radius 3 is 2.29 bits per heavy atom. The van der Waals surface area contributed by atoms with Crippen molar-refractivity contribution in [2.24, 2.45) is 5.92 Å². The maximum atomic E-state index is 13.8. The van der Waals surface area contributed by atoms with Crippen molar-refractivity contribution in [3.05, 3.63) is 106 Å². The summed E-state index contributed by atoms with van der Waals surface area (Å²) in [4.78, 5) is 16.9. The molecule has 38 heavy (non-hydrogen) atoms. The highest BCUT2D eigenvalue weighted by atomic mass is 19.4. The number of likely N-dealkylation sites (tertiary alicyclic amines) is 1. The molecule has 0 spiro atoms. The van der Waals surface area contributed by atoms with E-state index in [4.69, 9.17) is 0 Å². The van der Waals surface area contributed by atoms with Crippen LogP contribution in [0.5, 0.6) is 0 Å². The summed E-state index contributed by atoms with van der Waals surface area (Å²) in [6.45, 7) is 5.02. The third-order valence-electron chi connectivity index (χ3n) is 6.96. The van der Waals surface area contributed by atoms with Crippen LogP contribution in [0.3, 0.4) is 0 Å². The molecule has 0 saturated carbocycles. The minimum atomic E-state index is -4.50. The van der Waals surface area contributed by atoms with Gasteiger partial charge in [0.15, 0.2) is 11.6 Å². The van der Waals surface area contributed by atoms with E-state index in [2.05, 4.69) is 0 Å².